The third-order valence-corrected chi connectivity index (χ3v) is 22.7. The fraction of sp³-hybridized carbons (Fsp3) is 0.663. The maximum atomic E-state index is 10.6. The Morgan fingerprint density at radius 1 is 0.277 bits per heavy atom. The van der Waals surface area contributed by atoms with Gasteiger partial charge in [-0.15, -0.1) is 0 Å². The molecule has 2 aliphatic rings. The first-order chi connectivity index (χ1) is 53.8. The number of fused-ring (bicyclic) bond motifs is 20. The summed E-state index contributed by atoms with van der Waals surface area (Å²) in [5.74, 6) is 12.7. The van der Waals surface area contributed by atoms with Crippen molar-refractivity contribution in [1.29, 1.82) is 0 Å². The lowest BCUT2D eigenvalue weighted by atomic mass is 9.97. The van der Waals surface area contributed by atoms with Crippen molar-refractivity contribution in [1.82, 2.24) is 39.9 Å². The zero-order valence-electron chi connectivity index (χ0n) is 72.3. The molecule has 0 amide bonds. The van der Waals surface area contributed by atoms with E-state index in [1.165, 1.54) is 77.0 Å². The Morgan fingerprint density at radius 2 is 0.518 bits per heavy atom. The fourth-order valence-electron chi connectivity index (χ4n) is 15.1. The Hall–Kier alpha value is -7.24. The molecule has 0 unspecified atom stereocenters. The molecule has 0 fully saturated rings. The van der Waals surface area contributed by atoms with Gasteiger partial charge in [0.15, 0.2) is 57.8 Å². The summed E-state index contributed by atoms with van der Waals surface area (Å²) in [4.78, 5) is 40.8. The number of hydrogen-bond acceptors (Lipinski definition) is 15. The Kier molecular flexibility index (Phi) is 35.3. The summed E-state index contributed by atoms with van der Waals surface area (Å²) in [6.07, 6.45) is 25.4. The second kappa shape index (κ2) is 44.6. The van der Waals surface area contributed by atoms with Crippen LogP contribution in [0.3, 0.4) is 0 Å². The van der Waals surface area contributed by atoms with Gasteiger partial charge in [-0.2, -0.15) is 0 Å². The Balaban J connectivity index is 1.30. The quantitative estimate of drug-likeness (QED) is 0.0279. The van der Waals surface area contributed by atoms with Crippen molar-refractivity contribution in [3.63, 3.8) is 0 Å². The van der Waals surface area contributed by atoms with E-state index in [1.807, 2.05) is 30.3 Å². The summed E-state index contributed by atoms with van der Waals surface area (Å²) in [5.41, 5.74) is 4.84. The standard InChI is InChI=1S/C95H144N8O9/c1-60(2)25-19-31-66(13)39-45-106-82-52-76-77(53-83(82)107-46-40-67(14)32-20-26-61(3)4)92-99-90(76)97-88-74-38-37-73(112-59-72(105)58-104)51-75(74)89(96-88)98-91-78-54-84(108-47-41-68(15)33-21-27-62(5)6)85(109-48-42-69(16)34-22-28-63(7)8)55-79(78)93(100-91)102-95-81-57-87(111-50-44-71(18)36-24-30-65(11)12)86(56-80(81)94(101-92)103-95)110-49-43-70(17)35-23-29-64(9)10/h37-38,51-57,60-72,104-105H,19-36,39-50,58-59H2,1-18H3,(H2,96,97,98,99,100,101,102,103)/t66-,67-,68-,69-,70-,71-,72-/m1/s1. The van der Waals surface area contributed by atoms with Crippen LogP contribution < -0.4 is 33.2 Å². The number of H-pyrrole nitrogens is 2. The van der Waals surface area contributed by atoms with Crippen LogP contribution in [0.25, 0.3) is 89.7 Å². The average Bonchev–Trinajstić information content (AvgIpc) is 1.59. The zero-order valence-corrected chi connectivity index (χ0v) is 72.3. The van der Waals surface area contributed by atoms with Crippen LogP contribution in [0.1, 0.15) is 279 Å². The molecule has 4 aromatic carbocycles. The summed E-state index contributed by atoms with van der Waals surface area (Å²) in [6.45, 7) is 44.1. The molecule has 7 aromatic rings. The van der Waals surface area contributed by atoms with Crippen molar-refractivity contribution in [3.05, 3.63) is 54.6 Å². The van der Waals surface area contributed by atoms with Crippen molar-refractivity contribution < 1.29 is 43.4 Å². The number of aromatic amines is 2. The lowest BCUT2D eigenvalue weighted by molar-refractivity contribution is 0.0536. The molecule has 0 aliphatic carbocycles. The van der Waals surface area contributed by atoms with Crippen molar-refractivity contribution in [2.24, 2.45) is 71.0 Å². The molecule has 8 bridgehead atoms. The predicted octanol–water partition coefficient (Wildman–Crippen LogP) is 25.0. The molecule has 0 saturated heterocycles. The molecular weight excluding hydrogens is 1400 g/mol. The van der Waals surface area contributed by atoms with Gasteiger partial charge in [0, 0.05) is 43.8 Å². The summed E-state index contributed by atoms with van der Waals surface area (Å²) >= 11 is 0. The van der Waals surface area contributed by atoms with Gasteiger partial charge in [0.1, 0.15) is 41.0 Å². The van der Waals surface area contributed by atoms with Gasteiger partial charge in [-0.3, -0.25) is 0 Å². The number of aliphatic hydroxyl groups excluding tert-OH is 2. The summed E-state index contributed by atoms with van der Waals surface area (Å²) in [5, 5.41) is 23.4. The number of benzene rings is 4. The van der Waals surface area contributed by atoms with Gasteiger partial charge >= 0.3 is 0 Å². The second-order valence-electron chi connectivity index (χ2n) is 36.4. The van der Waals surface area contributed by atoms with Crippen LogP contribution in [0.4, 0.5) is 0 Å². The number of rotatable bonds is 52. The molecule has 112 heavy (non-hydrogen) atoms. The fourth-order valence-corrected chi connectivity index (χ4v) is 15.1. The highest BCUT2D eigenvalue weighted by Gasteiger charge is 2.29. The first-order valence-electron chi connectivity index (χ1n) is 44.0. The van der Waals surface area contributed by atoms with Gasteiger partial charge in [0.05, 0.1) is 46.2 Å². The van der Waals surface area contributed by atoms with E-state index in [4.69, 9.17) is 63.1 Å². The SMILES string of the molecule is CC(C)CCC[C@@H](C)CCOc1cc2c(cc1OCC[C@H](C)CCCC(C)C)-c1nc-2nc2[nH]c(nc3nc(nc4[nH]c(n1)c1cc(OCC[C@H](C)CCCC(C)C)c(OCC[C@H](C)CCCC(C)C)cc41)-c1cc(OCC[C@H](C)CCCC(C)C)c(OCC[C@H](C)CCCC(C)C)cc1-3)c1cc(OC[C@H](O)CO)ccc21. The third-order valence-electron chi connectivity index (χ3n) is 22.7. The number of aliphatic hydroxyl groups is 2. The van der Waals surface area contributed by atoms with E-state index in [0.29, 0.717) is 208 Å². The number of nitrogens with zero attached hydrogens (tertiary/aromatic N) is 6. The molecule has 0 saturated carbocycles. The zero-order chi connectivity index (χ0) is 80.4. The highest BCUT2D eigenvalue weighted by molar-refractivity contribution is 6.07. The largest absolute Gasteiger partial charge is 0.491 e. The first-order valence-corrected chi connectivity index (χ1v) is 44.0. The van der Waals surface area contributed by atoms with Gasteiger partial charge in [0.25, 0.3) is 0 Å². The van der Waals surface area contributed by atoms with E-state index in [2.05, 4.69) is 159 Å². The number of nitrogens with one attached hydrogen (secondary N) is 2. The molecule has 17 heteroatoms. The van der Waals surface area contributed by atoms with Crippen molar-refractivity contribution >= 4 is 44.1 Å². The molecule has 618 valence electrons. The molecular formula is C95H144N8O9. The van der Waals surface area contributed by atoms with E-state index in [1.54, 1.807) is 0 Å². The molecule has 5 heterocycles. The molecule has 4 N–H and O–H groups in total. The van der Waals surface area contributed by atoms with Crippen molar-refractivity contribution in [2.45, 2.75) is 285 Å². The molecule has 9 rings (SSSR count). The van der Waals surface area contributed by atoms with Crippen LogP contribution in [-0.2, 0) is 0 Å². The highest BCUT2D eigenvalue weighted by Crippen LogP contribution is 2.47. The van der Waals surface area contributed by atoms with Gasteiger partial charge < -0.3 is 53.3 Å². The van der Waals surface area contributed by atoms with E-state index >= 15 is 0 Å². The predicted molar refractivity (Wildman–Crippen MR) is 462 cm³/mol. The van der Waals surface area contributed by atoms with E-state index in [-0.39, 0.29) is 6.61 Å². The minimum absolute atomic E-state index is 0.121. The molecule has 17 nitrogen and oxygen atoms in total. The first kappa shape index (κ1) is 88.7. The van der Waals surface area contributed by atoms with Gasteiger partial charge in [-0.25, -0.2) is 29.9 Å². The summed E-state index contributed by atoms with van der Waals surface area (Å²) in [6, 6.07) is 18.0. The monoisotopic (exact) mass is 1540 g/mol. The van der Waals surface area contributed by atoms with Gasteiger partial charge in [0.2, 0.25) is 0 Å². The second-order valence-corrected chi connectivity index (χ2v) is 36.4. The van der Waals surface area contributed by atoms with E-state index < -0.39 is 12.7 Å². The van der Waals surface area contributed by atoms with Crippen molar-refractivity contribution in [2.75, 3.05) is 52.9 Å². The topological polar surface area (TPSA) is 214 Å². The molecule has 2 aliphatic heterocycles. The third kappa shape index (κ3) is 27.5. The minimum atomic E-state index is -1.08. The smallest absolute Gasteiger partial charge is 0.164 e. The molecule has 3 aromatic heterocycles. The molecule has 0 radical (unpaired) electrons. The molecule has 0 spiro atoms. The van der Waals surface area contributed by atoms with Crippen LogP contribution in [0.5, 0.6) is 40.2 Å². The number of ether oxygens (including phenoxy) is 7. The molecule has 7 atom stereocenters. The van der Waals surface area contributed by atoms with Crippen LogP contribution in [-0.4, -0.2) is 109 Å². The van der Waals surface area contributed by atoms with Crippen LogP contribution in [0.15, 0.2) is 54.6 Å². The Morgan fingerprint density at radius 3 is 0.768 bits per heavy atom. The maximum Gasteiger partial charge on any atom is 0.164 e. The van der Waals surface area contributed by atoms with E-state index in [0.717, 1.165) is 110 Å². The van der Waals surface area contributed by atoms with Crippen LogP contribution >= 0.6 is 0 Å². The lowest BCUT2D eigenvalue weighted by Gasteiger charge is -2.18. The minimum Gasteiger partial charge on any atom is -0.491 e. The number of aromatic nitrogens is 8. The highest BCUT2D eigenvalue weighted by atomic mass is 16.5. The van der Waals surface area contributed by atoms with Crippen molar-refractivity contribution in [3.8, 4) is 85.8 Å². The summed E-state index contributed by atoms with van der Waals surface area (Å²) in [7, 11) is 0. The maximum absolute atomic E-state index is 10.6. The van der Waals surface area contributed by atoms with E-state index in [9.17, 15) is 10.2 Å². The Bertz CT molecular complexity index is 4200. The average molecular weight is 1540 g/mol. The Labute approximate surface area is 672 Å². The van der Waals surface area contributed by atoms with Crippen LogP contribution in [0.2, 0.25) is 0 Å². The normalized spacial score (nSPS) is 14.2. The van der Waals surface area contributed by atoms with Gasteiger partial charge in [-0.05, 0) is 164 Å². The van der Waals surface area contributed by atoms with Gasteiger partial charge in [-0.1, -0.05) is 240 Å². The summed E-state index contributed by atoms with van der Waals surface area (Å²) < 4.78 is 48.0. The number of hydrogen-bond donors (Lipinski definition) is 4. The van der Waals surface area contributed by atoms with Crippen LogP contribution in [0, 0.1) is 71.0 Å². The lowest BCUT2D eigenvalue weighted by Crippen LogP contribution is -2.21.